The molecule has 1 aliphatic rings. The second-order valence-corrected chi connectivity index (χ2v) is 5.52. The number of aromatic nitrogens is 1. The lowest BCUT2D eigenvalue weighted by atomic mass is 9.90. The van der Waals surface area contributed by atoms with Gasteiger partial charge in [0.25, 0.3) is 0 Å². The number of carbonyl (C=O) groups is 2. The highest BCUT2D eigenvalue weighted by Crippen LogP contribution is 2.24. The monoisotopic (exact) mass is 294 g/mol. The molecule has 1 aromatic heterocycles. The van der Waals surface area contributed by atoms with Crippen LogP contribution in [0.5, 0.6) is 0 Å². The fourth-order valence-corrected chi connectivity index (χ4v) is 2.72. The standard InChI is InChI=1S/C18H18N2O2/c21-17-6-3-4-13-7-8-15(12-16(13)17)20-18(22)10-9-14-5-1-2-11-19-14/h1-2,5,7-8,11-12H,3-4,6,9-10H2,(H,20,22). The predicted molar refractivity (Wildman–Crippen MR) is 84.9 cm³/mol. The van der Waals surface area contributed by atoms with Crippen LogP contribution in [0.2, 0.25) is 0 Å². The number of hydrogen-bond acceptors (Lipinski definition) is 3. The summed E-state index contributed by atoms with van der Waals surface area (Å²) in [5.41, 5.74) is 3.44. The third-order valence-corrected chi connectivity index (χ3v) is 3.88. The first-order valence-electron chi connectivity index (χ1n) is 7.58. The molecular formula is C18H18N2O2. The highest BCUT2D eigenvalue weighted by Gasteiger charge is 2.17. The molecule has 1 heterocycles. The lowest BCUT2D eigenvalue weighted by Gasteiger charge is -2.16. The van der Waals surface area contributed by atoms with E-state index < -0.39 is 0 Å². The molecule has 1 N–H and O–H groups in total. The smallest absolute Gasteiger partial charge is 0.224 e. The molecule has 22 heavy (non-hydrogen) atoms. The van der Waals surface area contributed by atoms with E-state index in [1.807, 2.05) is 30.3 Å². The summed E-state index contributed by atoms with van der Waals surface area (Å²) in [4.78, 5) is 28.1. The largest absolute Gasteiger partial charge is 0.326 e. The summed E-state index contributed by atoms with van der Waals surface area (Å²) in [6.07, 6.45) is 5.17. The third-order valence-electron chi connectivity index (χ3n) is 3.88. The molecule has 1 amide bonds. The quantitative estimate of drug-likeness (QED) is 0.942. The molecular weight excluding hydrogens is 276 g/mol. The molecule has 112 valence electrons. The van der Waals surface area contributed by atoms with Crippen LogP contribution in [0.3, 0.4) is 0 Å². The van der Waals surface area contributed by atoms with Crippen molar-refractivity contribution in [2.24, 2.45) is 0 Å². The second kappa shape index (κ2) is 6.52. The average Bonchev–Trinajstić information content (AvgIpc) is 2.55. The van der Waals surface area contributed by atoms with Crippen molar-refractivity contribution in [3.05, 3.63) is 59.4 Å². The summed E-state index contributed by atoms with van der Waals surface area (Å²) in [5.74, 6) is 0.111. The van der Waals surface area contributed by atoms with Crippen LogP contribution in [0.1, 0.15) is 40.9 Å². The molecule has 0 atom stereocenters. The number of rotatable bonds is 4. The highest BCUT2D eigenvalue weighted by molar-refractivity contribution is 6.00. The van der Waals surface area contributed by atoms with Crippen molar-refractivity contribution in [3.63, 3.8) is 0 Å². The molecule has 2 aromatic rings. The van der Waals surface area contributed by atoms with Gasteiger partial charge in [-0.05, 0) is 49.1 Å². The van der Waals surface area contributed by atoms with Crippen molar-refractivity contribution in [1.82, 2.24) is 4.98 Å². The number of Topliss-reactive ketones (excluding diaryl/α,β-unsaturated/α-hetero) is 1. The first-order chi connectivity index (χ1) is 10.7. The van der Waals surface area contributed by atoms with Crippen LogP contribution >= 0.6 is 0 Å². The van der Waals surface area contributed by atoms with Gasteiger partial charge in [0.15, 0.2) is 5.78 Å². The zero-order chi connectivity index (χ0) is 15.4. The maximum Gasteiger partial charge on any atom is 0.224 e. The molecule has 3 rings (SSSR count). The number of aryl methyl sites for hydroxylation is 2. The van der Waals surface area contributed by atoms with Crippen molar-refractivity contribution in [2.45, 2.75) is 32.1 Å². The minimum absolute atomic E-state index is 0.0612. The molecule has 0 radical (unpaired) electrons. The van der Waals surface area contributed by atoms with Crippen LogP contribution in [0.15, 0.2) is 42.6 Å². The molecule has 0 saturated carbocycles. The van der Waals surface area contributed by atoms with Gasteiger partial charge >= 0.3 is 0 Å². The van der Waals surface area contributed by atoms with Crippen LogP contribution in [-0.2, 0) is 17.6 Å². The summed E-state index contributed by atoms with van der Waals surface area (Å²) >= 11 is 0. The van der Waals surface area contributed by atoms with E-state index in [0.29, 0.717) is 24.9 Å². The fraction of sp³-hybridized carbons (Fsp3) is 0.278. The van der Waals surface area contributed by atoms with Crippen LogP contribution in [0.4, 0.5) is 5.69 Å². The molecule has 4 nitrogen and oxygen atoms in total. The SMILES string of the molecule is O=C(CCc1ccccn1)Nc1ccc2c(c1)C(=O)CCC2. The Bertz CT molecular complexity index is 695. The molecule has 0 unspecified atom stereocenters. The van der Waals surface area contributed by atoms with E-state index in [1.165, 1.54) is 0 Å². The Kier molecular flexibility index (Phi) is 4.28. The van der Waals surface area contributed by atoms with Crippen LogP contribution in [0.25, 0.3) is 0 Å². The molecule has 0 fully saturated rings. The Morgan fingerprint density at radius 2 is 2.09 bits per heavy atom. The summed E-state index contributed by atoms with van der Waals surface area (Å²) in [5, 5.41) is 2.86. The lowest BCUT2D eigenvalue weighted by molar-refractivity contribution is -0.116. The summed E-state index contributed by atoms with van der Waals surface area (Å²) in [6.45, 7) is 0. The van der Waals surface area contributed by atoms with Crippen molar-refractivity contribution in [3.8, 4) is 0 Å². The van der Waals surface area contributed by atoms with E-state index in [2.05, 4.69) is 10.3 Å². The Balaban J connectivity index is 1.62. The van der Waals surface area contributed by atoms with Gasteiger partial charge in [-0.3, -0.25) is 14.6 Å². The molecule has 4 heteroatoms. The van der Waals surface area contributed by atoms with Gasteiger partial charge in [-0.1, -0.05) is 12.1 Å². The Hall–Kier alpha value is -2.49. The Morgan fingerprint density at radius 3 is 2.91 bits per heavy atom. The molecule has 1 aromatic carbocycles. The second-order valence-electron chi connectivity index (χ2n) is 5.52. The van der Waals surface area contributed by atoms with E-state index >= 15 is 0 Å². The number of nitrogens with one attached hydrogen (secondary N) is 1. The molecule has 1 aliphatic carbocycles. The number of carbonyl (C=O) groups excluding carboxylic acids is 2. The number of amides is 1. The van der Waals surface area contributed by atoms with Gasteiger partial charge in [-0.2, -0.15) is 0 Å². The van der Waals surface area contributed by atoms with E-state index in [9.17, 15) is 9.59 Å². The molecule has 0 aliphatic heterocycles. The van der Waals surface area contributed by atoms with Gasteiger partial charge in [0.1, 0.15) is 0 Å². The summed E-state index contributed by atoms with van der Waals surface area (Å²) in [7, 11) is 0. The molecule has 0 bridgehead atoms. The first kappa shape index (κ1) is 14.4. The number of benzene rings is 1. The van der Waals surface area contributed by atoms with Gasteiger partial charge in [-0.15, -0.1) is 0 Å². The minimum atomic E-state index is -0.0612. The van der Waals surface area contributed by atoms with Crippen molar-refractivity contribution < 1.29 is 9.59 Å². The van der Waals surface area contributed by atoms with E-state index in [4.69, 9.17) is 0 Å². The number of pyridine rings is 1. The van der Waals surface area contributed by atoms with Gasteiger partial charge in [-0.25, -0.2) is 0 Å². The van der Waals surface area contributed by atoms with Crippen molar-refractivity contribution in [1.29, 1.82) is 0 Å². The van der Waals surface area contributed by atoms with Crippen LogP contribution in [-0.4, -0.2) is 16.7 Å². The first-order valence-corrected chi connectivity index (χ1v) is 7.58. The maximum absolute atomic E-state index is 12.0. The average molecular weight is 294 g/mol. The normalized spacial score (nSPS) is 13.5. The topological polar surface area (TPSA) is 59.1 Å². The Morgan fingerprint density at radius 1 is 1.18 bits per heavy atom. The van der Waals surface area contributed by atoms with E-state index in [1.54, 1.807) is 12.3 Å². The predicted octanol–water partition coefficient (Wildman–Crippen LogP) is 3.17. The van der Waals surface area contributed by atoms with Crippen LogP contribution in [0, 0.1) is 0 Å². The van der Waals surface area contributed by atoms with E-state index in [-0.39, 0.29) is 11.7 Å². The number of nitrogens with zero attached hydrogens (tertiary/aromatic N) is 1. The van der Waals surface area contributed by atoms with Crippen LogP contribution < -0.4 is 5.32 Å². The lowest BCUT2D eigenvalue weighted by Crippen LogP contribution is -2.15. The zero-order valence-electron chi connectivity index (χ0n) is 12.3. The number of hydrogen-bond donors (Lipinski definition) is 1. The van der Waals surface area contributed by atoms with Crippen molar-refractivity contribution >= 4 is 17.4 Å². The highest BCUT2D eigenvalue weighted by atomic mass is 16.1. The minimum Gasteiger partial charge on any atom is -0.326 e. The molecule has 0 spiro atoms. The fourth-order valence-electron chi connectivity index (χ4n) is 2.72. The molecule has 0 saturated heterocycles. The number of anilines is 1. The van der Waals surface area contributed by atoms with Crippen molar-refractivity contribution in [2.75, 3.05) is 5.32 Å². The van der Waals surface area contributed by atoms with Gasteiger partial charge < -0.3 is 5.32 Å². The van der Waals surface area contributed by atoms with Gasteiger partial charge in [0, 0.05) is 36.0 Å². The summed E-state index contributed by atoms with van der Waals surface area (Å²) < 4.78 is 0. The van der Waals surface area contributed by atoms with Gasteiger partial charge in [0.05, 0.1) is 0 Å². The summed E-state index contributed by atoms with van der Waals surface area (Å²) in [6, 6.07) is 11.3. The maximum atomic E-state index is 12.0. The third kappa shape index (κ3) is 3.39. The van der Waals surface area contributed by atoms with Gasteiger partial charge in [0.2, 0.25) is 5.91 Å². The number of ketones is 1. The van der Waals surface area contributed by atoms with E-state index in [0.717, 1.165) is 29.7 Å². The zero-order valence-corrected chi connectivity index (χ0v) is 12.3. The Labute approximate surface area is 129 Å². The number of fused-ring (bicyclic) bond motifs is 1.